The number of nitrogens with zero attached hydrogens (tertiary/aromatic N) is 3. The van der Waals surface area contributed by atoms with E-state index < -0.39 is 16.9 Å². The van der Waals surface area contributed by atoms with Gasteiger partial charge in [-0.15, -0.1) is 0 Å². The molecule has 0 radical (unpaired) electrons. The molecule has 1 aromatic rings. The lowest BCUT2D eigenvalue weighted by Gasteiger charge is -2.18. The predicted molar refractivity (Wildman–Crippen MR) is 64.5 cm³/mol. The average Bonchev–Trinajstić information content (AvgIpc) is 2.38. The van der Waals surface area contributed by atoms with Crippen LogP contribution in [0, 0.1) is 10.1 Å². The van der Waals surface area contributed by atoms with Gasteiger partial charge in [-0.25, -0.2) is 9.78 Å². The van der Waals surface area contributed by atoms with Gasteiger partial charge in [0.05, 0.1) is 18.5 Å². The number of esters is 1. The lowest BCUT2D eigenvalue weighted by Crippen LogP contribution is -2.38. The summed E-state index contributed by atoms with van der Waals surface area (Å²) in [6, 6.07) is 1.65. The van der Waals surface area contributed by atoms with Crippen molar-refractivity contribution >= 4 is 23.5 Å². The van der Waals surface area contributed by atoms with E-state index in [4.69, 9.17) is 5.73 Å². The van der Waals surface area contributed by atoms with E-state index in [0.717, 1.165) is 11.1 Å². The molecule has 1 aromatic heterocycles. The number of hydrogen-bond acceptors (Lipinski definition) is 6. The zero-order valence-electron chi connectivity index (χ0n) is 10.1. The molecule has 0 fully saturated rings. The first-order valence-corrected chi connectivity index (χ1v) is 5.20. The Morgan fingerprint density at radius 2 is 2.21 bits per heavy atom. The summed E-state index contributed by atoms with van der Waals surface area (Å²) in [4.78, 5) is 36.9. The molecule has 0 bridgehead atoms. The van der Waals surface area contributed by atoms with Crippen LogP contribution in [-0.4, -0.2) is 35.6 Å². The maximum atomic E-state index is 11.2. The normalized spacial score (nSPS) is 9.74. The number of nitrogens with two attached hydrogens (primary N) is 1. The summed E-state index contributed by atoms with van der Waals surface area (Å²) >= 11 is 0. The van der Waals surface area contributed by atoms with Crippen molar-refractivity contribution < 1.29 is 19.2 Å². The number of urea groups is 1. The summed E-state index contributed by atoms with van der Waals surface area (Å²) in [5.41, 5.74) is 4.95. The Kier molecular flexibility index (Phi) is 4.75. The minimum atomic E-state index is -0.815. The Balaban J connectivity index is 2.84. The number of primary amides is 1. The molecule has 19 heavy (non-hydrogen) atoms. The Morgan fingerprint density at radius 3 is 2.63 bits per heavy atom. The third-order valence-electron chi connectivity index (χ3n) is 2.25. The van der Waals surface area contributed by atoms with Crippen molar-refractivity contribution in [3.05, 3.63) is 28.4 Å². The third-order valence-corrected chi connectivity index (χ3v) is 2.25. The van der Waals surface area contributed by atoms with Gasteiger partial charge in [-0.2, -0.15) is 0 Å². The van der Waals surface area contributed by atoms with E-state index in [-0.39, 0.29) is 24.5 Å². The molecule has 102 valence electrons. The van der Waals surface area contributed by atoms with Crippen LogP contribution in [0.2, 0.25) is 0 Å². The Labute approximate surface area is 108 Å². The highest BCUT2D eigenvalue weighted by molar-refractivity contribution is 5.90. The lowest BCUT2D eigenvalue weighted by atomic mass is 10.3. The van der Waals surface area contributed by atoms with E-state index in [1.165, 1.54) is 19.2 Å². The number of methoxy groups -OCH3 is 1. The summed E-state index contributed by atoms with van der Waals surface area (Å²) in [6.07, 6.45) is 0.946. The van der Waals surface area contributed by atoms with Gasteiger partial charge in [-0.05, 0) is 6.07 Å². The third kappa shape index (κ3) is 3.91. The molecule has 2 N–H and O–H groups in total. The maximum Gasteiger partial charge on any atom is 0.320 e. The molecule has 9 nitrogen and oxygen atoms in total. The zero-order chi connectivity index (χ0) is 14.4. The van der Waals surface area contributed by atoms with Crippen molar-refractivity contribution in [2.24, 2.45) is 5.73 Å². The van der Waals surface area contributed by atoms with Crippen LogP contribution in [0.5, 0.6) is 0 Å². The SMILES string of the molecule is COC(=O)CCN(C(N)=O)c1ccc([N+](=O)[O-])cn1. The molecule has 1 rings (SSSR count). The molecule has 0 spiro atoms. The molecule has 9 heteroatoms. The molecule has 0 aromatic carbocycles. The summed E-state index contributed by atoms with van der Waals surface area (Å²) in [6.45, 7) is -0.0210. The lowest BCUT2D eigenvalue weighted by molar-refractivity contribution is -0.385. The van der Waals surface area contributed by atoms with Crippen LogP contribution < -0.4 is 10.6 Å². The zero-order valence-corrected chi connectivity index (χ0v) is 10.1. The summed E-state index contributed by atoms with van der Waals surface area (Å²) in [5, 5.41) is 10.5. The van der Waals surface area contributed by atoms with Crippen molar-refractivity contribution in [2.45, 2.75) is 6.42 Å². The molecule has 0 aliphatic rings. The monoisotopic (exact) mass is 268 g/mol. The number of carbonyl (C=O) groups is 2. The highest BCUT2D eigenvalue weighted by Crippen LogP contribution is 2.15. The van der Waals surface area contributed by atoms with E-state index in [1.807, 2.05) is 0 Å². The number of anilines is 1. The van der Waals surface area contributed by atoms with Gasteiger partial charge in [0.1, 0.15) is 12.0 Å². The molecule has 0 atom stereocenters. The number of hydrogen-bond donors (Lipinski definition) is 1. The fraction of sp³-hybridized carbons (Fsp3) is 0.300. The van der Waals surface area contributed by atoms with Crippen molar-refractivity contribution in [1.29, 1.82) is 0 Å². The number of rotatable bonds is 5. The molecular formula is C10H12N4O5. The van der Waals surface area contributed by atoms with Gasteiger partial charge in [0, 0.05) is 12.6 Å². The fourth-order valence-corrected chi connectivity index (χ4v) is 1.29. The van der Waals surface area contributed by atoms with Crippen LogP contribution in [0.25, 0.3) is 0 Å². The van der Waals surface area contributed by atoms with Gasteiger partial charge in [0.15, 0.2) is 0 Å². The summed E-state index contributed by atoms with van der Waals surface area (Å²) < 4.78 is 4.44. The maximum absolute atomic E-state index is 11.2. The van der Waals surface area contributed by atoms with Gasteiger partial charge < -0.3 is 10.5 Å². The van der Waals surface area contributed by atoms with Gasteiger partial charge in [-0.1, -0.05) is 0 Å². The van der Waals surface area contributed by atoms with Crippen molar-refractivity contribution in [1.82, 2.24) is 4.98 Å². The van der Waals surface area contributed by atoms with E-state index in [2.05, 4.69) is 9.72 Å². The van der Waals surface area contributed by atoms with Crippen LogP contribution in [0.3, 0.4) is 0 Å². The quantitative estimate of drug-likeness (QED) is 0.468. The second-order valence-electron chi connectivity index (χ2n) is 3.45. The summed E-state index contributed by atoms with van der Waals surface area (Å²) in [7, 11) is 1.22. The topological polar surface area (TPSA) is 129 Å². The van der Waals surface area contributed by atoms with Gasteiger partial charge in [0.25, 0.3) is 5.69 Å². The Hall–Kier alpha value is -2.71. The Morgan fingerprint density at radius 1 is 1.53 bits per heavy atom. The van der Waals surface area contributed by atoms with Crippen molar-refractivity contribution in [3.8, 4) is 0 Å². The van der Waals surface area contributed by atoms with Crippen LogP contribution in [0.1, 0.15) is 6.42 Å². The first-order valence-electron chi connectivity index (χ1n) is 5.20. The van der Waals surface area contributed by atoms with Crippen molar-refractivity contribution in [2.75, 3.05) is 18.6 Å². The molecule has 0 saturated heterocycles. The van der Waals surface area contributed by atoms with Crippen LogP contribution in [0.4, 0.5) is 16.3 Å². The van der Waals surface area contributed by atoms with Gasteiger partial charge in [0.2, 0.25) is 0 Å². The predicted octanol–water partition coefficient (Wildman–Crippen LogP) is 0.438. The average molecular weight is 268 g/mol. The Bertz CT molecular complexity index is 487. The number of ether oxygens (including phenoxy) is 1. The molecule has 1 heterocycles. The number of aromatic nitrogens is 1. The minimum absolute atomic E-state index is 0.0210. The minimum Gasteiger partial charge on any atom is -0.469 e. The molecule has 0 aliphatic heterocycles. The second kappa shape index (κ2) is 6.28. The number of amides is 2. The molecule has 0 saturated carbocycles. The highest BCUT2D eigenvalue weighted by atomic mass is 16.6. The molecule has 0 aliphatic carbocycles. The fourth-order valence-electron chi connectivity index (χ4n) is 1.29. The first kappa shape index (κ1) is 14.4. The van der Waals surface area contributed by atoms with Crippen LogP contribution >= 0.6 is 0 Å². The number of carbonyl (C=O) groups excluding carboxylic acids is 2. The van der Waals surface area contributed by atoms with E-state index in [9.17, 15) is 19.7 Å². The van der Waals surface area contributed by atoms with Gasteiger partial charge in [-0.3, -0.25) is 19.8 Å². The van der Waals surface area contributed by atoms with E-state index in [0.29, 0.717) is 0 Å². The molecule has 2 amide bonds. The molecule has 0 unspecified atom stereocenters. The highest BCUT2D eigenvalue weighted by Gasteiger charge is 2.17. The molecular weight excluding hydrogens is 256 g/mol. The second-order valence-corrected chi connectivity index (χ2v) is 3.45. The number of nitro groups is 1. The van der Waals surface area contributed by atoms with E-state index >= 15 is 0 Å². The van der Waals surface area contributed by atoms with E-state index in [1.54, 1.807) is 0 Å². The van der Waals surface area contributed by atoms with Crippen LogP contribution in [-0.2, 0) is 9.53 Å². The van der Waals surface area contributed by atoms with Gasteiger partial charge >= 0.3 is 12.0 Å². The standard InChI is InChI=1S/C10H12N4O5/c1-19-9(15)4-5-13(10(11)16)8-3-2-7(6-12-8)14(17)18/h2-3,6H,4-5H2,1H3,(H2,11,16). The largest absolute Gasteiger partial charge is 0.469 e. The van der Waals surface area contributed by atoms with Crippen LogP contribution in [0.15, 0.2) is 18.3 Å². The summed E-state index contributed by atoms with van der Waals surface area (Å²) in [5.74, 6) is -0.379. The first-order chi connectivity index (χ1) is 8.95. The number of pyridine rings is 1. The van der Waals surface area contributed by atoms with Crippen molar-refractivity contribution in [3.63, 3.8) is 0 Å². The smallest absolute Gasteiger partial charge is 0.320 e.